The third-order valence-corrected chi connectivity index (χ3v) is 6.05. The Kier molecular flexibility index (Phi) is 5.30. The van der Waals surface area contributed by atoms with Crippen LogP contribution in [0.5, 0.6) is 0 Å². The van der Waals surface area contributed by atoms with E-state index in [1.54, 1.807) is 36.4 Å². The van der Waals surface area contributed by atoms with Gasteiger partial charge in [-0.3, -0.25) is 14.5 Å². The van der Waals surface area contributed by atoms with Gasteiger partial charge < -0.3 is 4.57 Å². The SMILES string of the molecule is Cc1cccc(-n2c(C)cc(/C=C3\C(=O)N(C)C(=O)N(c4ccccc4)C3=O)c2C)c1C. The molecule has 0 saturated carbocycles. The molecule has 1 aliphatic heterocycles. The first kappa shape index (κ1) is 21.3. The topological polar surface area (TPSA) is 62.6 Å². The minimum atomic E-state index is -0.663. The van der Waals surface area contributed by atoms with E-state index < -0.39 is 17.8 Å². The summed E-state index contributed by atoms with van der Waals surface area (Å²) in [6.45, 7) is 8.10. The van der Waals surface area contributed by atoms with Gasteiger partial charge in [0, 0.05) is 24.1 Å². The van der Waals surface area contributed by atoms with E-state index in [1.165, 1.54) is 18.2 Å². The van der Waals surface area contributed by atoms with Gasteiger partial charge in [0.25, 0.3) is 11.8 Å². The fraction of sp³-hybridized carbons (Fsp3) is 0.192. The summed E-state index contributed by atoms with van der Waals surface area (Å²) in [4.78, 5) is 40.9. The van der Waals surface area contributed by atoms with Crippen LogP contribution in [0.15, 0.2) is 60.2 Å². The number of nitrogens with zero attached hydrogens (tertiary/aromatic N) is 3. The Morgan fingerprint density at radius 2 is 1.50 bits per heavy atom. The van der Waals surface area contributed by atoms with Crippen LogP contribution in [0.25, 0.3) is 11.8 Å². The zero-order valence-electron chi connectivity index (χ0n) is 18.8. The molecule has 0 bridgehead atoms. The van der Waals surface area contributed by atoms with Crippen LogP contribution in [-0.2, 0) is 9.59 Å². The van der Waals surface area contributed by atoms with E-state index >= 15 is 0 Å². The predicted octanol–water partition coefficient (Wildman–Crippen LogP) is 4.72. The number of barbiturate groups is 1. The van der Waals surface area contributed by atoms with E-state index in [2.05, 4.69) is 30.5 Å². The third kappa shape index (κ3) is 3.34. The average molecular weight is 428 g/mol. The Morgan fingerprint density at radius 3 is 2.19 bits per heavy atom. The van der Waals surface area contributed by atoms with Crippen LogP contribution in [0.1, 0.15) is 28.1 Å². The van der Waals surface area contributed by atoms with Gasteiger partial charge in [0.05, 0.1) is 5.69 Å². The molecule has 0 spiro atoms. The molecule has 6 nitrogen and oxygen atoms in total. The molecule has 2 aromatic carbocycles. The minimum absolute atomic E-state index is 0.0443. The van der Waals surface area contributed by atoms with E-state index in [0.717, 1.165) is 32.4 Å². The van der Waals surface area contributed by atoms with E-state index in [0.29, 0.717) is 5.69 Å². The molecule has 6 heteroatoms. The first-order valence-corrected chi connectivity index (χ1v) is 10.4. The largest absolute Gasteiger partial charge is 0.338 e. The quantitative estimate of drug-likeness (QED) is 0.449. The molecule has 4 rings (SSSR count). The summed E-state index contributed by atoms with van der Waals surface area (Å²) >= 11 is 0. The van der Waals surface area contributed by atoms with E-state index in [-0.39, 0.29) is 5.57 Å². The van der Waals surface area contributed by atoms with Crippen LogP contribution in [0.4, 0.5) is 10.5 Å². The van der Waals surface area contributed by atoms with E-state index in [9.17, 15) is 14.4 Å². The Morgan fingerprint density at radius 1 is 0.812 bits per heavy atom. The van der Waals surface area contributed by atoms with Crippen molar-refractivity contribution in [3.63, 3.8) is 0 Å². The van der Waals surface area contributed by atoms with Gasteiger partial charge in [0.2, 0.25) is 0 Å². The number of likely N-dealkylation sites (N-methyl/N-ethyl adjacent to an activating group) is 1. The van der Waals surface area contributed by atoms with Crippen LogP contribution < -0.4 is 4.90 Å². The van der Waals surface area contributed by atoms with Gasteiger partial charge in [-0.05, 0) is 74.7 Å². The number of carbonyl (C=O) groups is 3. The molecule has 0 unspecified atom stereocenters. The van der Waals surface area contributed by atoms with Crippen molar-refractivity contribution in [1.82, 2.24) is 9.47 Å². The van der Waals surface area contributed by atoms with Crippen molar-refractivity contribution in [2.45, 2.75) is 27.7 Å². The second kappa shape index (κ2) is 7.96. The molecular weight excluding hydrogens is 402 g/mol. The molecule has 0 atom stereocenters. The third-order valence-electron chi connectivity index (χ3n) is 6.05. The molecule has 1 saturated heterocycles. The molecule has 4 amide bonds. The first-order valence-electron chi connectivity index (χ1n) is 10.4. The number of para-hydroxylation sites is 1. The monoisotopic (exact) mass is 427 g/mol. The van der Waals surface area contributed by atoms with Gasteiger partial charge in [-0.1, -0.05) is 30.3 Å². The molecule has 3 aromatic rings. The number of benzene rings is 2. The molecule has 1 fully saturated rings. The number of aryl methyl sites for hydroxylation is 2. The normalized spacial score (nSPS) is 15.8. The number of rotatable bonds is 3. The minimum Gasteiger partial charge on any atom is -0.318 e. The zero-order chi connectivity index (χ0) is 23.2. The number of hydrogen-bond donors (Lipinski definition) is 0. The molecule has 1 aromatic heterocycles. The summed E-state index contributed by atoms with van der Waals surface area (Å²) in [7, 11) is 1.39. The highest BCUT2D eigenvalue weighted by molar-refractivity contribution is 6.39. The van der Waals surface area contributed by atoms with Gasteiger partial charge in [0.1, 0.15) is 5.57 Å². The average Bonchev–Trinajstić information content (AvgIpc) is 3.05. The Balaban J connectivity index is 1.83. The van der Waals surface area contributed by atoms with Gasteiger partial charge >= 0.3 is 6.03 Å². The number of carbonyl (C=O) groups excluding carboxylic acids is 3. The highest BCUT2D eigenvalue weighted by atomic mass is 16.2. The first-order chi connectivity index (χ1) is 15.2. The lowest BCUT2D eigenvalue weighted by atomic mass is 10.1. The lowest BCUT2D eigenvalue weighted by Gasteiger charge is -2.31. The van der Waals surface area contributed by atoms with Crippen molar-refractivity contribution >= 4 is 29.6 Å². The van der Waals surface area contributed by atoms with Gasteiger partial charge in [-0.2, -0.15) is 0 Å². The maximum atomic E-state index is 13.3. The van der Waals surface area contributed by atoms with Crippen molar-refractivity contribution in [2.24, 2.45) is 0 Å². The Hall–Kier alpha value is -3.93. The Bertz CT molecular complexity index is 1290. The number of aromatic nitrogens is 1. The molecule has 162 valence electrons. The Labute approximate surface area is 187 Å². The molecular formula is C26H25N3O3. The summed E-state index contributed by atoms with van der Waals surface area (Å²) in [5.41, 5.74) is 6.45. The summed E-state index contributed by atoms with van der Waals surface area (Å²) in [5.74, 6) is -1.23. The fourth-order valence-corrected chi connectivity index (χ4v) is 4.08. The van der Waals surface area contributed by atoms with E-state index in [1.807, 2.05) is 26.0 Å². The van der Waals surface area contributed by atoms with Crippen molar-refractivity contribution in [2.75, 3.05) is 11.9 Å². The summed E-state index contributed by atoms with van der Waals surface area (Å²) < 4.78 is 2.12. The number of urea groups is 1. The molecule has 0 N–H and O–H groups in total. The van der Waals surface area contributed by atoms with Crippen molar-refractivity contribution in [3.8, 4) is 5.69 Å². The predicted molar refractivity (Wildman–Crippen MR) is 125 cm³/mol. The fourth-order valence-electron chi connectivity index (χ4n) is 4.08. The summed E-state index contributed by atoms with van der Waals surface area (Å²) in [6, 6.07) is 16.1. The molecule has 0 radical (unpaired) electrons. The zero-order valence-corrected chi connectivity index (χ0v) is 18.8. The van der Waals surface area contributed by atoms with Crippen molar-refractivity contribution in [1.29, 1.82) is 0 Å². The molecule has 2 heterocycles. The van der Waals surface area contributed by atoms with Crippen molar-refractivity contribution in [3.05, 3.63) is 88.2 Å². The number of amides is 4. The highest BCUT2D eigenvalue weighted by Crippen LogP contribution is 2.29. The lowest BCUT2D eigenvalue weighted by Crippen LogP contribution is -2.55. The summed E-state index contributed by atoms with van der Waals surface area (Å²) in [6.07, 6.45) is 1.59. The van der Waals surface area contributed by atoms with Crippen LogP contribution in [-0.4, -0.2) is 34.4 Å². The maximum absolute atomic E-state index is 13.3. The maximum Gasteiger partial charge on any atom is 0.338 e. The lowest BCUT2D eigenvalue weighted by molar-refractivity contribution is -0.128. The molecule has 0 aliphatic carbocycles. The van der Waals surface area contributed by atoms with E-state index in [4.69, 9.17) is 0 Å². The molecule has 32 heavy (non-hydrogen) atoms. The number of hydrogen-bond acceptors (Lipinski definition) is 3. The van der Waals surface area contributed by atoms with Gasteiger partial charge in [-0.25, -0.2) is 9.69 Å². The highest BCUT2D eigenvalue weighted by Gasteiger charge is 2.41. The molecule has 1 aliphatic rings. The van der Waals surface area contributed by atoms with Crippen LogP contribution in [0.3, 0.4) is 0 Å². The van der Waals surface area contributed by atoms with Crippen LogP contribution in [0.2, 0.25) is 0 Å². The number of imide groups is 2. The number of anilines is 1. The van der Waals surface area contributed by atoms with Crippen molar-refractivity contribution < 1.29 is 14.4 Å². The van der Waals surface area contributed by atoms with Gasteiger partial charge in [0.15, 0.2) is 0 Å². The standard InChI is InChI=1S/C26H25N3O3/c1-16-10-9-13-23(18(16)3)28-17(2)14-20(19(28)4)15-22-24(30)27(5)26(32)29(25(22)31)21-11-7-6-8-12-21/h6-15H,1-5H3/b22-15+. The smallest absolute Gasteiger partial charge is 0.318 e. The summed E-state index contributed by atoms with van der Waals surface area (Å²) in [5, 5.41) is 0. The van der Waals surface area contributed by atoms with Gasteiger partial charge in [-0.15, -0.1) is 0 Å². The van der Waals surface area contributed by atoms with Crippen LogP contribution in [0, 0.1) is 27.7 Å². The second-order valence-corrected chi connectivity index (χ2v) is 8.06. The second-order valence-electron chi connectivity index (χ2n) is 8.06. The van der Waals surface area contributed by atoms with Crippen LogP contribution >= 0.6 is 0 Å².